The highest BCUT2D eigenvalue weighted by molar-refractivity contribution is 9.10. The zero-order valence-electron chi connectivity index (χ0n) is 9.09. The number of hydrogen-bond donors (Lipinski definition) is 1. The van der Waals surface area contributed by atoms with E-state index in [4.69, 9.17) is 0 Å². The molecule has 1 rings (SSSR count). The van der Waals surface area contributed by atoms with Gasteiger partial charge in [-0.05, 0) is 22.9 Å². The van der Waals surface area contributed by atoms with Gasteiger partial charge in [0.1, 0.15) is 11.5 Å². The zero-order valence-corrected chi connectivity index (χ0v) is 10.7. The van der Waals surface area contributed by atoms with Crippen LogP contribution in [-0.4, -0.2) is 11.5 Å². The molecular formula is C11H10BrFN2O2. The SMILES string of the molecule is CC#CCCNc1cc(F)c(Br)cc1[N+](=O)[O-]. The summed E-state index contributed by atoms with van der Waals surface area (Å²) < 4.78 is 13.3. The minimum absolute atomic E-state index is 0.0723. The van der Waals surface area contributed by atoms with Gasteiger partial charge in [0.15, 0.2) is 0 Å². The summed E-state index contributed by atoms with van der Waals surface area (Å²) in [5.74, 6) is 4.97. The number of nitrogens with one attached hydrogen (secondary N) is 1. The first kappa shape index (κ1) is 13.5. The Morgan fingerprint density at radius 1 is 1.59 bits per heavy atom. The largest absolute Gasteiger partial charge is 0.378 e. The maximum absolute atomic E-state index is 13.3. The molecule has 0 saturated heterocycles. The van der Waals surface area contributed by atoms with E-state index in [2.05, 4.69) is 33.1 Å². The zero-order chi connectivity index (χ0) is 12.8. The van der Waals surface area contributed by atoms with Crippen LogP contribution in [0.4, 0.5) is 15.8 Å². The van der Waals surface area contributed by atoms with Crippen molar-refractivity contribution in [2.75, 3.05) is 11.9 Å². The van der Waals surface area contributed by atoms with Gasteiger partial charge in [0.25, 0.3) is 5.69 Å². The lowest BCUT2D eigenvalue weighted by molar-refractivity contribution is -0.384. The summed E-state index contributed by atoms with van der Waals surface area (Å²) >= 11 is 2.91. The molecule has 0 radical (unpaired) electrons. The van der Waals surface area contributed by atoms with E-state index in [1.165, 1.54) is 0 Å². The molecule has 1 aromatic rings. The fourth-order valence-electron chi connectivity index (χ4n) is 1.21. The second kappa shape index (κ2) is 6.21. The number of benzene rings is 1. The van der Waals surface area contributed by atoms with Crippen LogP contribution in [0, 0.1) is 27.8 Å². The number of hydrogen-bond acceptors (Lipinski definition) is 3. The molecular weight excluding hydrogens is 291 g/mol. The van der Waals surface area contributed by atoms with Crippen molar-refractivity contribution in [3.8, 4) is 11.8 Å². The first-order chi connectivity index (χ1) is 8.06. The van der Waals surface area contributed by atoms with E-state index in [1.807, 2.05) is 0 Å². The molecule has 0 aromatic heterocycles. The lowest BCUT2D eigenvalue weighted by atomic mass is 10.2. The van der Waals surface area contributed by atoms with Crippen molar-refractivity contribution in [1.29, 1.82) is 0 Å². The number of nitro benzene ring substituents is 1. The van der Waals surface area contributed by atoms with Crippen LogP contribution in [0.1, 0.15) is 13.3 Å². The molecule has 4 nitrogen and oxygen atoms in total. The second-order valence-corrected chi connectivity index (χ2v) is 4.00. The molecule has 0 saturated carbocycles. The van der Waals surface area contributed by atoms with Gasteiger partial charge in [-0.3, -0.25) is 10.1 Å². The van der Waals surface area contributed by atoms with Crippen LogP contribution in [0.5, 0.6) is 0 Å². The van der Waals surface area contributed by atoms with Gasteiger partial charge in [-0.2, -0.15) is 0 Å². The van der Waals surface area contributed by atoms with Crippen molar-refractivity contribution in [2.24, 2.45) is 0 Å². The predicted octanol–water partition coefficient (Wildman–Crippen LogP) is 3.32. The molecule has 0 bridgehead atoms. The molecule has 17 heavy (non-hydrogen) atoms. The first-order valence-corrected chi connectivity index (χ1v) is 5.62. The van der Waals surface area contributed by atoms with Gasteiger partial charge < -0.3 is 5.32 Å². The highest BCUT2D eigenvalue weighted by atomic mass is 79.9. The highest BCUT2D eigenvalue weighted by Crippen LogP contribution is 2.30. The van der Waals surface area contributed by atoms with E-state index >= 15 is 0 Å². The van der Waals surface area contributed by atoms with Crippen LogP contribution in [0.25, 0.3) is 0 Å². The fourth-order valence-corrected chi connectivity index (χ4v) is 1.54. The molecule has 0 fully saturated rings. The Balaban J connectivity index is 2.91. The van der Waals surface area contributed by atoms with E-state index in [9.17, 15) is 14.5 Å². The Morgan fingerprint density at radius 2 is 2.29 bits per heavy atom. The third kappa shape index (κ3) is 3.71. The van der Waals surface area contributed by atoms with E-state index in [-0.39, 0.29) is 15.8 Å². The number of anilines is 1. The summed E-state index contributed by atoms with van der Waals surface area (Å²) in [6.07, 6.45) is 0.547. The molecule has 1 aromatic carbocycles. The quantitative estimate of drug-likeness (QED) is 0.402. The van der Waals surface area contributed by atoms with Crippen molar-refractivity contribution in [3.63, 3.8) is 0 Å². The first-order valence-electron chi connectivity index (χ1n) is 4.83. The van der Waals surface area contributed by atoms with Crippen molar-refractivity contribution < 1.29 is 9.31 Å². The maximum atomic E-state index is 13.3. The molecule has 0 atom stereocenters. The Hall–Kier alpha value is -1.61. The monoisotopic (exact) mass is 300 g/mol. The molecule has 0 heterocycles. The smallest absolute Gasteiger partial charge is 0.293 e. The number of rotatable bonds is 4. The normalized spacial score (nSPS) is 9.35. The van der Waals surface area contributed by atoms with Crippen molar-refractivity contribution in [1.82, 2.24) is 0 Å². The molecule has 0 aliphatic rings. The summed E-state index contributed by atoms with van der Waals surface area (Å²) in [5, 5.41) is 13.6. The van der Waals surface area contributed by atoms with Crippen molar-refractivity contribution in [2.45, 2.75) is 13.3 Å². The second-order valence-electron chi connectivity index (χ2n) is 3.14. The topological polar surface area (TPSA) is 55.2 Å². The van der Waals surface area contributed by atoms with E-state index < -0.39 is 10.7 Å². The van der Waals surface area contributed by atoms with Crippen LogP contribution >= 0.6 is 15.9 Å². The molecule has 0 amide bonds. The third-order valence-electron chi connectivity index (χ3n) is 1.98. The van der Waals surface area contributed by atoms with Gasteiger partial charge >= 0.3 is 0 Å². The van der Waals surface area contributed by atoms with Gasteiger partial charge in [-0.15, -0.1) is 11.8 Å². The average molecular weight is 301 g/mol. The van der Waals surface area contributed by atoms with Crippen LogP contribution in [0.3, 0.4) is 0 Å². The summed E-state index contributed by atoms with van der Waals surface area (Å²) in [4.78, 5) is 10.2. The van der Waals surface area contributed by atoms with E-state index in [1.54, 1.807) is 6.92 Å². The van der Waals surface area contributed by atoms with Crippen molar-refractivity contribution >= 4 is 27.3 Å². The third-order valence-corrected chi connectivity index (χ3v) is 2.59. The minimum atomic E-state index is -0.558. The molecule has 1 N–H and O–H groups in total. The number of halogens is 2. The molecule has 6 heteroatoms. The van der Waals surface area contributed by atoms with E-state index in [0.29, 0.717) is 13.0 Å². The van der Waals surface area contributed by atoms with Crippen LogP contribution in [0.15, 0.2) is 16.6 Å². The highest BCUT2D eigenvalue weighted by Gasteiger charge is 2.16. The average Bonchev–Trinajstić information content (AvgIpc) is 2.28. The molecule has 0 aliphatic carbocycles. The molecule has 0 unspecified atom stereocenters. The lowest BCUT2D eigenvalue weighted by Crippen LogP contribution is -2.04. The standard InChI is InChI=1S/C11H10BrFN2O2/c1-2-3-4-5-14-10-7-9(13)8(12)6-11(10)15(16)17/h6-7,14H,4-5H2,1H3. The Bertz CT molecular complexity index is 494. The van der Waals surface area contributed by atoms with Gasteiger partial charge in [0.05, 0.1) is 9.40 Å². The summed E-state index contributed by atoms with van der Waals surface area (Å²) in [5.41, 5.74) is -0.00339. The lowest BCUT2D eigenvalue weighted by Gasteiger charge is -2.06. The van der Waals surface area contributed by atoms with Gasteiger partial charge in [-0.1, -0.05) is 0 Å². The van der Waals surface area contributed by atoms with Crippen molar-refractivity contribution in [3.05, 3.63) is 32.5 Å². The number of nitro groups is 1. The van der Waals surface area contributed by atoms with Crippen LogP contribution in [-0.2, 0) is 0 Å². The fraction of sp³-hybridized carbons (Fsp3) is 0.273. The van der Waals surface area contributed by atoms with Crippen LogP contribution in [0.2, 0.25) is 0 Å². The number of nitrogens with zero attached hydrogens (tertiary/aromatic N) is 1. The van der Waals surface area contributed by atoms with Crippen LogP contribution < -0.4 is 5.32 Å². The minimum Gasteiger partial charge on any atom is -0.378 e. The summed E-state index contributed by atoms with van der Waals surface area (Å²) in [6, 6.07) is 2.24. The van der Waals surface area contributed by atoms with Gasteiger partial charge in [-0.25, -0.2) is 4.39 Å². The molecule has 0 aliphatic heterocycles. The Kier molecular flexibility index (Phi) is 4.91. The van der Waals surface area contributed by atoms with E-state index in [0.717, 1.165) is 12.1 Å². The summed E-state index contributed by atoms with van der Waals surface area (Å²) in [7, 11) is 0. The Morgan fingerprint density at radius 3 is 2.88 bits per heavy atom. The maximum Gasteiger partial charge on any atom is 0.293 e. The van der Waals surface area contributed by atoms with Gasteiger partial charge in [0.2, 0.25) is 0 Å². The molecule has 0 spiro atoms. The summed E-state index contributed by atoms with van der Waals surface area (Å²) in [6.45, 7) is 2.14. The Labute approximate surface area is 106 Å². The predicted molar refractivity (Wildman–Crippen MR) is 67.3 cm³/mol. The van der Waals surface area contributed by atoms with Gasteiger partial charge in [0, 0.05) is 25.1 Å². The molecule has 90 valence electrons.